The molecule has 5 nitrogen and oxygen atoms in total. The molecule has 2 rings (SSSR count). The van der Waals surface area contributed by atoms with E-state index >= 15 is 0 Å². The summed E-state index contributed by atoms with van der Waals surface area (Å²) >= 11 is 1.57. The number of nitrogens with one attached hydrogen (secondary N) is 2. The first-order valence-corrected chi connectivity index (χ1v) is 7.57. The molecule has 0 unspecified atom stereocenters. The van der Waals surface area contributed by atoms with Gasteiger partial charge in [0.2, 0.25) is 0 Å². The zero-order chi connectivity index (χ0) is 15.2. The first-order valence-electron chi connectivity index (χ1n) is 6.69. The molecule has 2 heterocycles. The molecule has 0 aromatic carbocycles. The van der Waals surface area contributed by atoms with Gasteiger partial charge >= 0.3 is 0 Å². The molecule has 0 saturated carbocycles. The highest BCUT2D eigenvalue weighted by Crippen LogP contribution is 2.14. The van der Waals surface area contributed by atoms with Crippen LogP contribution in [0.2, 0.25) is 0 Å². The third kappa shape index (κ3) is 3.98. The molecule has 0 saturated heterocycles. The summed E-state index contributed by atoms with van der Waals surface area (Å²) in [4.78, 5) is 20.2. The molecule has 0 spiro atoms. The lowest BCUT2D eigenvalue weighted by atomic mass is 10.2. The number of hydrogen-bond acceptors (Lipinski definition) is 5. The summed E-state index contributed by atoms with van der Waals surface area (Å²) in [7, 11) is 0. The van der Waals surface area contributed by atoms with E-state index in [9.17, 15) is 9.18 Å². The number of rotatable bonds is 6. The van der Waals surface area contributed by atoms with Crippen LogP contribution in [-0.2, 0) is 6.42 Å². The summed E-state index contributed by atoms with van der Waals surface area (Å²) < 4.78 is 14.1. The van der Waals surface area contributed by atoms with E-state index in [1.165, 1.54) is 12.3 Å². The third-order valence-corrected chi connectivity index (χ3v) is 3.63. The Morgan fingerprint density at radius 3 is 2.95 bits per heavy atom. The van der Waals surface area contributed by atoms with E-state index < -0.39 is 11.7 Å². The number of nitrogens with zero attached hydrogens (tertiary/aromatic N) is 2. The van der Waals surface area contributed by atoms with Crippen LogP contribution in [0.15, 0.2) is 17.6 Å². The van der Waals surface area contributed by atoms with Gasteiger partial charge in [-0.25, -0.2) is 14.4 Å². The van der Waals surface area contributed by atoms with Gasteiger partial charge in [0, 0.05) is 31.1 Å². The monoisotopic (exact) mass is 308 g/mol. The summed E-state index contributed by atoms with van der Waals surface area (Å²) in [5.74, 6) is -0.970. The number of amides is 1. The second kappa shape index (κ2) is 7.12. The topological polar surface area (TPSA) is 66.9 Å². The average Bonchev–Trinajstić information content (AvgIpc) is 2.87. The van der Waals surface area contributed by atoms with Crippen LogP contribution in [0.1, 0.15) is 28.0 Å². The average molecular weight is 308 g/mol. The van der Waals surface area contributed by atoms with Crippen molar-refractivity contribution in [3.63, 3.8) is 0 Å². The quantitative estimate of drug-likeness (QED) is 0.860. The number of aromatic nitrogens is 2. The first-order chi connectivity index (χ1) is 10.1. The molecule has 21 heavy (non-hydrogen) atoms. The Labute approximate surface area is 126 Å². The number of aryl methyl sites for hydroxylation is 1. The smallest absolute Gasteiger partial charge is 0.254 e. The van der Waals surface area contributed by atoms with Crippen molar-refractivity contribution in [1.82, 2.24) is 15.3 Å². The molecule has 0 aliphatic rings. The maximum atomic E-state index is 14.1. The lowest BCUT2D eigenvalue weighted by Gasteiger charge is -2.08. The second-order valence-electron chi connectivity index (χ2n) is 4.42. The van der Waals surface area contributed by atoms with Crippen LogP contribution in [0.5, 0.6) is 0 Å². The standard InChI is InChI=1S/C14H17FN4OS/c1-3-16-13-12(15)11(5-7-17-13)14(20)18-6-4-10-8-21-9(2)19-10/h5,7-8H,3-4,6H2,1-2H3,(H,16,17)(H,18,20). The molecule has 2 N–H and O–H groups in total. The van der Waals surface area contributed by atoms with Gasteiger partial charge in [0.15, 0.2) is 11.6 Å². The van der Waals surface area contributed by atoms with Gasteiger partial charge in [0.25, 0.3) is 5.91 Å². The highest BCUT2D eigenvalue weighted by molar-refractivity contribution is 7.09. The Morgan fingerprint density at radius 1 is 1.48 bits per heavy atom. The molecule has 0 fully saturated rings. The summed E-state index contributed by atoms with van der Waals surface area (Å²) in [5.41, 5.74) is 0.928. The molecule has 2 aromatic rings. The largest absolute Gasteiger partial charge is 0.368 e. The van der Waals surface area contributed by atoms with Crippen LogP contribution in [0.3, 0.4) is 0 Å². The van der Waals surface area contributed by atoms with E-state index in [2.05, 4.69) is 20.6 Å². The van der Waals surface area contributed by atoms with Gasteiger partial charge in [-0.3, -0.25) is 4.79 Å². The van der Waals surface area contributed by atoms with Crippen molar-refractivity contribution in [3.05, 3.63) is 39.7 Å². The maximum Gasteiger partial charge on any atom is 0.254 e. The number of thiazole rings is 1. The van der Waals surface area contributed by atoms with Gasteiger partial charge in [-0.1, -0.05) is 0 Å². The van der Waals surface area contributed by atoms with Gasteiger partial charge < -0.3 is 10.6 Å². The van der Waals surface area contributed by atoms with Crippen molar-refractivity contribution >= 4 is 23.1 Å². The van der Waals surface area contributed by atoms with Gasteiger partial charge in [0.1, 0.15) is 0 Å². The Balaban J connectivity index is 1.95. The fourth-order valence-electron chi connectivity index (χ4n) is 1.83. The van der Waals surface area contributed by atoms with Crippen LogP contribution in [0, 0.1) is 12.7 Å². The van der Waals surface area contributed by atoms with Crippen LogP contribution < -0.4 is 10.6 Å². The number of anilines is 1. The predicted octanol–water partition coefficient (Wildman–Crippen LogP) is 2.39. The molecule has 2 aromatic heterocycles. The summed E-state index contributed by atoms with van der Waals surface area (Å²) in [6.07, 6.45) is 2.04. The summed E-state index contributed by atoms with van der Waals surface area (Å²) in [5, 5.41) is 8.43. The molecule has 0 radical (unpaired) electrons. The first kappa shape index (κ1) is 15.4. The molecule has 0 aliphatic heterocycles. The Morgan fingerprint density at radius 2 is 2.29 bits per heavy atom. The van der Waals surface area contributed by atoms with Crippen molar-refractivity contribution in [2.75, 3.05) is 18.4 Å². The third-order valence-electron chi connectivity index (χ3n) is 2.81. The fourth-order valence-corrected chi connectivity index (χ4v) is 2.48. The Hall–Kier alpha value is -2.02. The normalized spacial score (nSPS) is 10.4. The number of pyridine rings is 1. The molecular weight excluding hydrogens is 291 g/mol. The predicted molar refractivity (Wildman–Crippen MR) is 81.2 cm³/mol. The Bertz CT molecular complexity index is 629. The van der Waals surface area contributed by atoms with E-state index in [0.717, 1.165) is 10.7 Å². The number of halogens is 1. The molecule has 0 bridgehead atoms. The van der Waals surface area contributed by atoms with E-state index in [1.807, 2.05) is 19.2 Å². The van der Waals surface area contributed by atoms with E-state index in [0.29, 0.717) is 19.5 Å². The highest BCUT2D eigenvalue weighted by Gasteiger charge is 2.15. The number of carbonyl (C=O) groups excluding carboxylic acids is 1. The van der Waals surface area contributed by atoms with Crippen LogP contribution >= 0.6 is 11.3 Å². The lowest BCUT2D eigenvalue weighted by Crippen LogP contribution is -2.27. The van der Waals surface area contributed by atoms with Crippen molar-refractivity contribution < 1.29 is 9.18 Å². The fraction of sp³-hybridized carbons (Fsp3) is 0.357. The van der Waals surface area contributed by atoms with Gasteiger partial charge in [-0.15, -0.1) is 11.3 Å². The summed E-state index contributed by atoms with van der Waals surface area (Å²) in [6, 6.07) is 1.37. The molecule has 0 atom stereocenters. The molecule has 7 heteroatoms. The van der Waals surface area contributed by atoms with Crippen molar-refractivity contribution in [1.29, 1.82) is 0 Å². The lowest BCUT2D eigenvalue weighted by molar-refractivity contribution is 0.0950. The number of hydrogen-bond donors (Lipinski definition) is 2. The van der Waals surface area contributed by atoms with Gasteiger partial charge in [-0.05, 0) is 19.9 Å². The van der Waals surface area contributed by atoms with Crippen LogP contribution in [0.25, 0.3) is 0 Å². The van der Waals surface area contributed by atoms with Gasteiger partial charge in [-0.2, -0.15) is 0 Å². The SMILES string of the molecule is CCNc1nccc(C(=O)NCCc2csc(C)n2)c1F. The zero-order valence-corrected chi connectivity index (χ0v) is 12.8. The molecule has 0 aliphatic carbocycles. The second-order valence-corrected chi connectivity index (χ2v) is 5.48. The van der Waals surface area contributed by atoms with E-state index in [1.54, 1.807) is 11.3 Å². The highest BCUT2D eigenvalue weighted by atomic mass is 32.1. The van der Waals surface area contributed by atoms with Gasteiger partial charge in [0.05, 0.1) is 16.3 Å². The minimum Gasteiger partial charge on any atom is -0.368 e. The maximum absolute atomic E-state index is 14.1. The zero-order valence-electron chi connectivity index (χ0n) is 11.9. The van der Waals surface area contributed by atoms with Crippen LogP contribution in [0.4, 0.5) is 10.2 Å². The van der Waals surface area contributed by atoms with Crippen molar-refractivity contribution in [2.24, 2.45) is 0 Å². The molecule has 112 valence electrons. The Kier molecular flexibility index (Phi) is 5.21. The van der Waals surface area contributed by atoms with Crippen molar-refractivity contribution in [2.45, 2.75) is 20.3 Å². The molecule has 1 amide bonds. The van der Waals surface area contributed by atoms with Crippen LogP contribution in [-0.4, -0.2) is 29.0 Å². The molecular formula is C14H17FN4OS. The van der Waals surface area contributed by atoms with Crippen molar-refractivity contribution in [3.8, 4) is 0 Å². The van der Waals surface area contributed by atoms with E-state index in [4.69, 9.17) is 0 Å². The summed E-state index contributed by atoms with van der Waals surface area (Å²) in [6.45, 7) is 4.73. The minimum absolute atomic E-state index is 0.00425. The van der Waals surface area contributed by atoms with E-state index in [-0.39, 0.29) is 11.4 Å². The number of carbonyl (C=O) groups is 1. The minimum atomic E-state index is -0.624.